The van der Waals surface area contributed by atoms with Gasteiger partial charge in [-0.3, -0.25) is 5.10 Å². The van der Waals surface area contributed by atoms with Crippen molar-refractivity contribution in [2.75, 3.05) is 32.2 Å². The second-order valence-electron chi connectivity index (χ2n) is 6.33. The summed E-state index contributed by atoms with van der Waals surface area (Å²) in [4.78, 5) is 11.0. The minimum atomic E-state index is 0.162. The maximum Gasteiger partial charge on any atom is 0.321 e. The number of piperidine rings is 1. The van der Waals surface area contributed by atoms with Gasteiger partial charge < -0.3 is 14.4 Å². The van der Waals surface area contributed by atoms with E-state index >= 15 is 0 Å². The number of fused-ring (bicyclic) bond motifs is 2. The number of H-pyrrole nitrogens is 1. The quantitative estimate of drug-likeness (QED) is 0.929. The normalized spacial score (nSPS) is 23.1. The summed E-state index contributed by atoms with van der Waals surface area (Å²) >= 11 is 0. The number of aryl methyl sites for hydroxylation is 1. The van der Waals surface area contributed by atoms with Crippen LogP contribution in [0, 0.1) is 0 Å². The number of anilines is 1. The number of nitrogens with one attached hydrogen (secondary N) is 1. The van der Waals surface area contributed by atoms with Crippen molar-refractivity contribution in [1.82, 2.24) is 20.2 Å². The first-order chi connectivity index (χ1) is 11.2. The summed E-state index contributed by atoms with van der Waals surface area (Å²) in [7, 11) is 3.18. The van der Waals surface area contributed by atoms with E-state index in [0.717, 1.165) is 31.7 Å². The molecule has 2 aromatic rings. The predicted octanol–water partition coefficient (Wildman–Crippen LogP) is 1.70. The average molecular weight is 315 g/mol. The Morgan fingerprint density at radius 3 is 2.96 bits per heavy atom. The molecule has 1 atom stereocenters. The topological polar surface area (TPSA) is 76.2 Å². The third-order valence-electron chi connectivity index (χ3n) is 5.08. The maximum absolute atomic E-state index is 5.28. The Kier molecular flexibility index (Phi) is 3.36. The summed E-state index contributed by atoms with van der Waals surface area (Å²) in [6, 6.07) is 2.22. The van der Waals surface area contributed by atoms with Crippen molar-refractivity contribution >= 4 is 5.82 Å². The Balaban J connectivity index is 1.66. The Bertz CT molecular complexity index is 694. The predicted molar refractivity (Wildman–Crippen MR) is 85.2 cm³/mol. The Labute approximate surface area is 135 Å². The number of hydrogen-bond donors (Lipinski definition) is 1. The van der Waals surface area contributed by atoms with Gasteiger partial charge in [-0.15, -0.1) is 0 Å². The van der Waals surface area contributed by atoms with Crippen LogP contribution >= 0.6 is 0 Å². The smallest absolute Gasteiger partial charge is 0.321 e. The number of ether oxygens (including phenoxy) is 2. The van der Waals surface area contributed by atoms with E-state index in [-0.39, 0.29) is 5.41 Å². The van der Waals surface area contributed by atoms with Crippen LogP contribution in [0.5, 0.6) is 11.9 Å². The van der Waals surface area contributed by atoms with E-state index in [1.54, 1.807) is 14.2 Å². The van der Waals surface area contributed by atoms with Crippen LogP contribution in [0.3, 0.4) is 0 Å². The molecule has 1 spiro atoms. The van der Waals surface area contributed by atoms with Gasteiger partial charge >= 0.3 is 6.01 Å². The third kappa shape index (κ3) is 2.31. The molecule has 1 fully saturated rings. The molecule has 1 saturated heterocycles. The fourth-order valence-corrected chi connectivity index (χ4v) is 3.94. The summed E-state index contributed by atoms with van der Waals surface area (Å²) in [6.45, 7) is 1.92. The van der Waals surface area contributed by atoms with Crippen molar-refractivity contribution in [3.05, 3.63) is 23.5 Å². The van der Waals surface area contributed by atoms with Crippen molar-refractivity contribution in [3.8, 4) is 11.9 Å². The summed E-state index contributed by atoms with van der Waals surface area (Å²) in [5.41, 5.74) is 2.84. The molecule has 2 aromatic heterocycles. The van der Waals surface area contributed by atoms with Crippen molar-refractivity contribution < 1.29 is 9.47 Å². The highest BCUT2D eigenvalue weighted by molar-refractivity contribution is 5.46. The fourth-order valence-electron chi connectivity index (χ4n) is 3.94. The number of hydrogen-bond acceptors (Lipinski definition) is 6. The lowest BCUT2D eigenvalue weighted by atomic mass is 9.77. The lowest BCUT2D eigenvalue weighted by Gasteiger charge is -2.41. The molecule has 0 radical (unpaired) electrons. The molecule has 7 nitrogen and oxygen atoms in total. The largest absolute Gasteiger partial charge is 0.481 e. The van der Waals surface area contributed by atoms with Crippen molar-refractivity contribution in [2.45, 2.75) is 31.1 Å². The monoisotopic (exact) mass is 315 g/mol. The zero-order chi connectivity index (χ0) is 15.9. The van der Waals surface area contributed by atoms with E-state index in [9.17, 15) is 0 Å². The van der Waals surface area contributed by atoms with Gasteiger partial charge in [-0.25, -0.2) is 0 Å². The molecule has 1 aliphatic carbocycles. The first kappa shape index (κ1) is 14.3. The minimum Gasteiger partial charge on any atom is -0.481 e. The van der Waals surface area contributed by atoms with Crippen LogP contribution in [0.2, 0.25) is 0 Å². The molecule has 7 heteroatoms. The second kappa shape index (κ2) is 5.40. The zero-order valence-corrected chi connectivity index (χ0v) is 13.5. The molecule has 23 heavy (non-hydrogen) atoms. The molecular formula is C16H21N5O2. The molecule has 0 amide bonds. The lowest BCUT2D eigenvalue weighted by molar-refractivity contribution is 0.326. The second-order valence-corrected chi connectivity index (χ2v) is 6.33. The van der Waals surface area contributed by atoms with E-state index in [2.05, 4.69) is 25.1 Å². The van der Waals surface area contributed by atoms with Gasteiger partial charge in [0.15, 0.2) is 0 Å². The van der Waals surface area contributed by atoms with Crippen molar-refractivity contribution in [2.24, 2.45) is 0 Å². The van der Waals surface area contributed by atoms with Crippen LogP contribution in [-0.4, -0.2) is 47.5 Å². The number of aromatic nitrogens is 4. The first-order valence-corrected chi connectivity index (χ1v) is 7.99. The van der Waals surface area contributed by atoms with Gasteiger partial charge in [-0.1, -0.05) is 0 Å². The molecule has 2 aliphatic rings. The molecular weight excluding hydrogens is 294 g/mol. The van der Waals surface area contributed by atoms with Gasteiger partial charge in [0.05, 0.1) is 20.4 Å². The standard InChI is InChI=1S/C16H21N5O2/c1-22-13-8-12(18-15(19-13)23-2)21-7-3-5-16(10-21)6-4-11-9-17-20-14(11)16/h8-9H,3-7,10H2,1-2H3,(H,17,20). The molecule has 1 aliphatic heterocycles. The summed E-state index contributed by atoms with van der Waals surface area (Å²) in [6.07, 6.45) is 6.58. The molecule has 1 unspecified atom stereocenters. The molecule has 1 N–H and O–H groups in total. The van der Waals surface area contributed by atoms with E-state index < -0.39 is 0 Å². The van der Waals surface area contributed by atoms with E-state index in [1.165, 1.54) is 24.1 Å². The highest BCUT2D eigenvalue weighted by Gasteiger charge is 2.43. The number of nitrogens with zero attached hydrogens (tertiary/aromatic N) is 4. The third-order valence-corrected chi connectivity index (χ3v) is 5.08. The summed E-state index contributed by atoms with van der Waals surface area (Å²) in [5.74, 6) is 1.39. The lowest BCUT2D eigenvalue weighted by Crippen LogP contribution is -2.45. The van der Waals surface area contributed by atoms with Crippen molar-refractivity contribution in [3.63, 3.8) is 0 Å². The Morgan fingerprint density at radius 2 is 2.13 bits per heavy atom. The fraction of sp³-hybridized carbons (Fsp3) is 0.562. The Morgan fingerprint density at radius 1 is 1.22 bits per heavy atom. The Hall–Kier alpha value is -2.31. The molecule has 0 saturated carbocycles. The SMILES string of the molecule is COc1cc(N2CCCC3(CCc4cn[nH]c43)C2)nc(OC)n1. The molecule has 0 bridgehead atoms. The summed E-state index contributed by atoms with van der Waals surface area (Å²) in [5, 5.41) is 7.47. The van der Waals surface area contributed by atoms with E-state index in [0.29, 0.717) is 11.9 Å². The van der Waals surface area contributed by atoms with Crippen LogP contribution in [0.25, 0.3) is 0 Å². The highest BCUT2D eigenvalue weighted by Crippen LogP contribution is 2.44. The minimum absolute atomic E-state index is 0.162. The number of aromatic amines is 1. The molecule has 122 valence electrons. The van der Waals surface area contributed by atoms with Gasteiger partial charge in [0.2, 0.25) is 5.88 Å². The summed E-state index contributed by atoms with van der Waals surface area (Å²) < 4.78 is 10.5. The van der Waals surface area contributed by atoms with Gasteiger partial charge in [0.25, 0.3) is 0 Å². The highest BCUT2D eigenvalue weighted by atomic mass is 16.5. The molecule has 3 heterocycles. The van der Waals surface area contributed by atoms with Gasteiger partial charge in [-0.2, -0.15) is 15.1 Å². The molecule has 4 rings (SSSR count). The van der Waals surface area contributed by atoms with Crippen molar-refractivity contribution in [1.29, 1.82) is 0 Å². The molecule has 0 aromatic carbocycles. The van der Waals surface area contributed by atoms with Crippen LogP contribution < -0.4 is 14.4 Å². The average Bonchev–Trinajstić information content (AvgIpc) is 3.19. The van der Waals surface area contributed by atoms with Gasteiger partial charge in [0, 0.05) is 30.3 Å². The van der Waals surface area contributed by atoms with Crippen LogP contribution in [0.4, 0.5) is 5.82 Å². The van der Waals surface area contributed by atoms with Gasteiger partial charge in [0.1, 0.15) is 5.82 Å². The zero-order valence-electron chi connectivity index (χ0n) is 13.5. The van der Waals surface area contributed by atoms with Crippen LogP contribution in [0.1, 0.15) is 30.5 Å². The van der Waals surface area contributed by atoms with E-state index in [4.69, 9.17) is 9.47 Å². The number of methoxy groups -OCH3 is 2. The van der Waals surface area contributed by atoms with E-state index in [1.807, 2.05) is 12.3 Å². The van der Waals surface area contributed by atoms with Gasteiger partial charge in [-0.05, 0) is 31.2 Å². The van der Waals surface area contributed by atoms with Crippen LogP contribution in [0.15, 0.2) is 12.3 Å². The van der Waals surface area contributed by atoms with Crippen LogP contribution in [-0.2, 0) is 11.8 Å². The number of rotatable bonds is 3. The first-order valence-electron chi connectivity index (χ1n) is 7.99. The maximum atomic E-state index is 5.28.